The first-order valence-electron chi connectivity index (χ1n) is 9.58. The van der Waals surface area contributed by atoms with Crippen molar-refractivity contribution in [1.82, 2.24) is 0 Å². The molecule has 2 nitrogen and oxygen atoms in total. The van der Waals surface area contributed by atoms with E-state index in [9.17, 15) is 9.18 Å². The first-order valence-corrected chi connectivity index (χ1v) is 9.58. The third-order valence-electron chi connectivity index (χ3n) is 5.65. The lowest BCUT2D eigenvalue weighted by atomic mass is 9.71. The molecule has 0 bridgehead atoms. The van der Waals surface area contributed by atoms with Crippen molar-refractivity contribution in [3.8, 4) is 5.75 Å². The Hall–Kier alpha value is -1.90. The highest BCUT2D eigenvalue weighted by atomic mass is 19.1. The second-order valence-electron chi connectivity index (χ2n) is 8.64. The molecule has 0 atom stereocenters. The molecule has 0 unspecified atom stereocenters. The molecule has 0 N–H and O–H groups in total. The molecule has 1 aromatic carbocycles. The second kappa shape index (κ2) is 7.02. The van der Waals surface area contributed by atoms with Gasteiger partial charge in [0.1, 0.15) is 5.75 Å². The van der Waals surface area contributed by atoms with Crippen molar-refractivity contribution in [3.05, 3.63) is 40.7 Å². The topological polar surface area (TPSA) is 26.3 Å². The van der Waals surface area contributed by atoms with Crippen molar-refractivity contribution >= 4 is 17.4 Å². The van der Waals surface area contributed by atoms with E-state index >= 15 is 0 Å². The molecular weight excluding hydrogens is 327 g/mol. The molecule has 1 fully saturated rings. The maximum Gasteiger partial charge on any atom is 0.178 e. The van der Waals surface area contributed by atoms with Gasteiger partial charge in [-0.1, -0.05) is 33.8 Å². The van der Waals surface area contributed by atoms with Crippen LogP contribution in [0, 0.1) is 11.8 Å². The number of hydrogen-bond acceptors (Lipinski definition) is 2. The van der Waals surface area contributed by atoms with Gasteiger partial charge in [-0.3, -0.25) is 4.79 Å². The Balaban J connectivity index is 2.17. The average Bonchev–Trinajstić information content (AvgIpc) is 3.42. The smallest absolute Gasteiger partial charge is 0.178 e. The number of carbonyl (C=O) groups excluding carboxylic acids is 1. The Bertz CT molecular complexity index is 780. The lowest BCUT2D eigenvalue weighted by molar-refractivity contribution is -0.106. The molecule has 0 spiro atoms. The number of aldehydes is 1. The Morgan fingerprint density at radius 1 is 1.35 bits per heavy atom. The van der Waals surface area contributed by atoms with E-state index in [4.69, 9.17) is 4.74 Å². The number of carbonyl (C=O) groups is 1. The fourth-order valence-corrected chi connectivity index (χ4v) is 3.63. The van der Waals surface area contributed by atoms with E-state index in [0.717, 1.165) is 12.0 Å². The number of fused-ring (bicyclic) bond motifs is 1. The van der Waals surface area contributed by atoms with E-state index in [-0.39, 0.29) is 11.7 Å². The van der Waals surface area contributed by atoms with Gasteiger partial charge in [-0.05, 0) is 77.8 Å². The molecule has 3 heteroatoms. The zero-order chi connectivity index (χ0) is 19.1. The summed E-state index contributed by atoms with van der Waals surface area (Å²) in [6.07, 6.45) is 5.96. The highest BCUT2D eigenvalue weighted by Gasteiger charge is 2.31. The quantitative estimate of drug-likeness (QED) is 0.455. The SMILES string of the molecule is CC(=C(F)C=O)c1cc2c(cc1OCC1CC1)C(C)(C)CC=C2C(C)C. The number of rotatable bonds is 6. The molecule has 2 aliphatic rings. The average molecular weight is 356 g/mol. The molecule has 0 radical (unpaired) electrons. The molecule has 1 aromatic rings. The minimum atomic E-state index is -0.730. The lowest BCUT2D eigenvalue weighted by Crippen LogP contribution is -2.23. The van der Waals surface area contributed by atoms with Crippen LogP contribution in [-0.2, 0) is 10.2 Å². The van der Waals surface area contributed by atoms with Crippen molar-refractivity contribution in [2.75, 3.05) is 6.61 Å². The van der Waals surface area contributed by atoms with Crippen LogP contribution in [0.3, 0.4) is 0 Å². The van der Waals surface area contributed by atoms with Crippen LogP contribution < -0.4 is 4.74 Å². The first-order chi connectivity index (χ1) is 12.2. The molecule has 0 amide bonds. The van der Waals surface area contributed by atoms with Crippen LogP contribution in [0.4, 0.5) is 4.39 Å². The highest BCUT2D eigenvalue weighted by molar-refractivity contribution is 5.88. The Morgan fingerprint density at radius 2 is 2.04 bits per heavy atom. The van der Waals surface area contributed by atoms with Gasteiger partial charge < -0.3 is 4.74 Å². The largest absolute Gasteiger partial charge is 0.493 e. The van der Waals surface area contributed by atoms with E-state index in [2.05, 4.69) is 39.8 Å². The molecule has 3 rings (SSSR count). The van der Waals surface area contributed by atoms with Crippen molar-refractivity contribution in [1.29, 1.82) is 0 Å². The number of hydrogen-bond donors (Lipinski definition) is 0. The number of benzene rings is 1. The van der Waals surface area contributed by atoms with Gasteiger partial charge >= 0.3 is 0 Å². The number of halogens is 1. The lowest BCUT2D eigenvalue weighted by Gasteiger charge is -2.34. The maximum atomic E-state index is 14.1. The normalized spacial score (nSPS) is 19.6. The fraction of sp³-hybridized carbons (Fsp3) is 0.522. The minimum Gasteiger partial charge on any atom is -0.493 e. The van der Waals surface area contributed by atoms with Crippen molar-refractivity contribution < 1.29 is 13.9 Å². The van der Waals surface area contributed by atoms with Crippen LogP contribution in [0.5, 0.6) is 5.75 Å². The summed E-state index contributed by atoms with van der Waals surface area (Å²) >= 11 is 0. The third kappa shape index (κ3) is 3.62. The molecule has 0 aromatic heterocycles. The first kappa shape index (κ1) is 18.9. The monoisotopic (exact) mass is 356 g/mol. The van der Waals surface area contributed by atoms with Gasteiger partial charge in [0.2, 0.25) is 0 Å². The van der Waals surface area contributed by atoms with E-state index in [1.807, 2.05) is 6.07 Å². The van der Waals surface area contributed by atoms with Crippen LogP contribution in [0.15, 0.2) is 24.0 Å². The van der Waals surface area contributed by atoms with E-state index in [0.29, 0.717) is 35.3 Å². The second-order valence-corrected chi connectivity index (χ2v) is 8.64. The van der Waals surface area contributed by atoms with Gasteiger partial charge in [0.05, 0.1) is 6.61 Å². The predicted octanol–water partition coefficient (Wildman–Crippen LogP) is 6.10. The number of ether oxygens (including phenoxy) is 1. The van der Waals surface area contributed by atoms with Gasteiger partial charge in [-0.25, -0.2) is 4.39 Å². The highest BCUT2D eigenvalue weighted by Crippen LogP contribution is 2.45. The van der Waals surface area contributed by atoms with Crippen LogP contribution >= 0.6 is 0 Å². The van der Waals surface area contributed by atoms with Crippen LogP contribution in [0.25, 0.3) is 11.1 Å². The fourth-order valence-electron chi connectivity index (χ4n) is 3.63. The molecule has 0 saturated heterocycles. The summed E-state index contributed by atoms with van der Waals surface area (Å²) in [4.78, 5) is 11.0. The zero-order valence-corrected chi connectivity index (χ0v) is 16.5. The van der Waals surface area contributed by atoms with Gasteiger partial charge in [0.25, 0.3) is 0 Å². The molecule has 140 valence electrons. The summed E-state index contributed by atoms with van der Waals surface area (Å²) in [5.74, 6) is 0.962. The summed E-state index contributed by atoms with van der Waals surface area (Å²) in [6, 6.07) is 4.12. The summed E-state index contributed by atoms with van der Waals surface area (Å²) < 4.78 is 20.2. The Labute approximate surface area is 156 Å². The summed E-state index contributed by atoms with van der Waals surface area (Å²) in [6.45, 7) is 11.1. The summed E-state index contributed by atoms with van der Waals surface area (Å²) in [5.41, 5.74) is 4.73. The molecule has 1 saturated carbocycles. The minimum absolute atomic E-state index is 0.00473. The van der Waals surface area contributed by atoms with Crippen molar-refractivity contribution in [3.63, 3.8) is 0 Å². The van der Waals surface area contributed by atoms with E-state index in [1.54, 1.807) is 6.92 Å². The van der Waals surface area contributed by atoms with Gasteiger partial charge in [-0.2, -0.15) is 0 Å². The maximum absolute atomic E-state index is 14.1. The van der Waals surface area contributed by atoms with Gasteiger partial charge in [-0.15, -0.1) is 0 Å². The van der Waals surface area contributed by atoms with E-state index in [1.165, 1.54) is 24.0 Å². The molecule has 2 aliphatic carbocycles. The predicted molar refractivity (Wildman–Crippen MR) is 105 cm³/mol. The summed E-state index contributed by atoms with van der Waals surface area (Å²) in [7, 11) is 0. The Morgan fingerprint density at radius 3 is 2.62 bits per heavy atom. The Kier molecular flexibility index (Phi) is 5.09. The van der Waals surface area contributed by atoms with E-state index < -0.39 is 5.83 Å². The van der Waals surface area contributed by atoms with Crippen LogP contribution in [0.1, 0.15) is 70.6 Å². The molecule has 0 aliphatic heterocycles. The van der Waals surface area contributed by atoms with Crippen molar-refractivity contribution in [2.45, 2.75) is 59.3 Å². The van der Waals surface area contributed by atoms with Crippen molar-refractivity contribution in [2.24, 2.45) is 11.8 Å². The zero-order valence-electron chi connectivity index (χ0n) is 16.5. The number of allylic oxidation sites excluding steroid dienone is 4. The molecule has 26 heavy (non-hydrogen) atoms. The van der Waals surface area contributed by atoms with Gasteiger partial charge in [0, 0.05) is 5.56 Å². The standard InChI is InChI=1S/C23H29FO2/c1-14(2)17-8-9-23(4,5)20-11-22(26-13-16-6-7-16)18(10-19(17)20)15(3)21(24)12-25/h8,10-12,14,16H,6-7,9,13H2,1-5H3. The van der Waals surface area contributed by atoms with Crippen LogP contribution in [-0.4, -0.2) is 12.9 Å². The summed E-state index contributed by atoms with van der Waals surface area (Å²) in [5, 5.41) is 0. The van der Waals surface area contributed by atoms with Crippen LogP contribution in [0.2, 0.25) is 0 Å². The molecule has 0 heterocycles. The molecular formula is C23H29FO2. The third-order valence-corrected chi connectivity index (χ3v) is 5.65. The van der Waals surface area contributed by atoms with Gasteiger partial charge in [0.15, 0.2) is 12.1 Å².